The second-order valence-corrected chi connectivity index (χ2v) is 6.67. The number of rotatable bonds is 6. The molecule has 122 valence electrons. The van der Waals surface area contributed by atoms with Gasteiger partial charge in [0.25, 0.3) is 10.1 Å². The quantitative estimate of drug-likeness (QED) is 0.600. The molecule has 0 saturated carbocycles. The number of carbonyl (C=O) groups excluding carboxylic acids is 1. The molecule has 0 aliphatic heterocycles. The standard InChI is InChI=1S/C17H18O5S/c1-13-8-10-16(11-9-13)23(19,20)22-14(2)17(18)21-12-15-6-4-3-5-7-15/h3-11,14H,12H2,1-2H3/t14-/m0/s1. The van der Waals surface area contributed by atoms with Crippen LogP contribution in [0.15, 0.2) is 59.5 Å². The molecule has 0 radical (unpaired) electrons. The van der Waals surface area contributed by atoms with Gasteiger partial charge in [-0.05, 0) is 31.5 Å². The molecule has 6 heteroatoms. The highest BCUT2D eigenvalue weighted by Gasteiger charge is 2.24. The van der Waals surface area contributed by atoms with E-state index in [9.17, 15) is 13.2 Å². The van der Waals surface area contributed by atoms with E-state index in [1.165, 1.54) is 19.1 Å². The van der Waals surface area contributed by atoms with Gasteiger partial charge in [0.1, 0.15) is 6.61 Å². The number of carbonyl (C=O) groups is 1. The highest BCUT2D eigenvalue weighted by atomic mass is 32.2. The summed E-state index contributed by atoms with van der Waals surface area (Å²) in [7, 11) is -4.01. The van der Waals surface area contributed by atoms with Crippen molar-refractivity contribution in [1.29, 1.82) is 0 Å². The lowest BCUT2D eigenvalue weighted by Crippen LogP contribution is -2.26. The van der Waals surface area contributed by atoms with Crippen molar-refractivity contribution in [2.24, 2.45) is 0 Å². The number of aryl methyl sites for hydroxylation is 1. The van der Waals surface area contributed by atoms with Gasteiger partial charge in [0.15, 0.2) is 6.10 Å². The van der Waals surface area contributed by atoms with E-state index in [2.05, 4.69) is 0 Å². The molecule has 2 aromatic carbocycles. The number of hydrogen-bond donors (Lipinski definition) is 0. The summed E-state index contributed by atoms with van der Waals surface area (Å²) in [5, 5.41) is 0. The molecule has 0 unspecified atom stereocenters. The zero-order valence-corrected chi connectivity index (χ0v) is 13.7. The van der Waals surface area contributed by atoms with Gasteiger partial charge in [0.2, 0.25) is 0 Å². The lowest BCUT2D eigenvalue weighted by Gasteiger charge is -2.13. The number of esters is 1. The summed E-state index contributed by atoms with van der Waals surface area (Å²) >= 11 is 0. The van der Waals surface area contributed by atoms with E-state index in [4.69, 9.17) is 8.92 Å². The van der Waals surface area contributed by atoms with Crippen LogP contribution in [0.1, 0.15) is 18.1 Å². The minimum absolute atomic E-state index is 0.00538. The first-order valence-corrected chi connectivity index (χ1v) is 8.50. The minimum atomic E-state index is -4.01. The fourth-order valence-electron chi connectivity index (χ4n) is 1.84. The molecule has 0 aliphatic rings. The van der Waals surface area contributed by atoms with Gasteiger partial charge in [-0.25, -0.2) is 4.79 Å². The Hall–Kier alpha value is -2.18. The second kappa shape index (κ2) is 7.39. The molecule has 0 spiro atoms. The van der Waals surface area contributed by atoms with Crippen molar-refractivity contribution in [2.45, 2.75) is 31.5 Å². The molecule has 0 amide bonds. The van der Waals surface area contributed by atoms with Crippen LogP contribution in [0.5, 0.6) is 0 Å². The highest BCUT2D eigenvalue weighted by Crippen LogP contribution is 2.16. The first-order chi connectivity index (χ1) is 10.9. The Morgan fingerprint density at radius 1 is 1.04 bits per heavy atom. The predicted molar refractivity (Wildman–Crippen MR) is 85.1 cm³/mol. The predicted octanol–water partition coefficient (Wildman–Crippen LogP) is 2.83. The SMILES string of the molecule is Cc1ccc(S(=O)(=O)O[C@@H](C)C(=O)OCc2ccccc2)cc1. The summed E-state index contributed by atoms with van der Waals surface area (Å²) in [5.41, 5.74) is 1.74. The lowest BCUT2D eigenvalue weighted by atomic mass is 10.2. The Labute approximate surface area is 136 Å². The maximum atomic E-state index is 12.1. The molecule has 0 bridgehead atoms. The van der Waals surface area contributed by atoms with Crippen LogP contribution in [0.25, 0.3) is 0 Å². The first kappa shape index (κ1) is 17.2. The molecular weight excluding hydrogens is 316 g/mol. The largest absolute Gasteiger partial charge is 0.459 e. The summed E-state index contributed by atoms with van der Waals surface area (Å²) < 4.78 is 34.2. The van der Waals surface area contributed by atoms with E-state index >= 15 is 0 Å². The van der Waals surface area contributed by atoms with Gasteiger partial charge in [-0.3, -0.25) is 4.18 Å². The van der Waals surface area contributed by atoms with Crippen molar-refractivity contribution >= 4 is 16.1 Å². The van der Waals surface area contributed by atoms with Crippen LogP contribution in [0.3, 0.4) is 0 Å². The van der Waals surface area contributed by atoms with E-state index in [0.717, 1.165) is 11.1 Å². The average Bonchev–Trinajstić information content (AvgIpc) is 2.53. The smallest absolute Gasteiger partial charge is 0.336 e. The van der Waals surface area contributed by atoms with Crippen LogP contribution < -0.4 is 0 Å². The highest BCUT2D eigenvalue weighted by molar-refractivity contribution is 7.86. The molecule has 0 fully saturated rings. The Bertz CT molecular complexity index is 751. The Kier molecular flexibility index (Phi) is 5.52. The monoisotopic (exact) mass is 334 g/mol. The van der Waals surface area contributed by atoms with E-state index in [-0.39, 0.29) is 11.5 Å². The average molecular weight is 334 g/mol. The van der Waals surface area contributed by atoms with E-state index < -0.39 is 22.2 Å². The Balaban J connectivity index is 1.96. The van der Waals surface area contributed by atoms with Crippen LogP contribution >= 0.6 is 0 Å². The molecule has 23 heavy (non-hydrogen) atoms. The third kappa shape index (κ3) is 4.91. The van der Waals surface area contributed by atoms with Crippen molar-refractivity contribution < 1.29 is 22.1 Å². The molecular formula is C17H18O5S. The van der Waals surface area contributed by atoms with Crippen molar-refractivity contribution in [3.05, 3.63) is 65.7 Å². The molecule has 1 atom stereocenters. The van der Waals surface area contributed by atoms with Crippen molar-refractivity contribution in [3.63, 3.8) is 0 Å². The second-order valence-electron chi connectivity index (χ2n) is 5.10. The zero-order valence-electron chi connectivity index (χ0n) is 12.9. The Morgan fingerprint density at radius 3 is 2.26 bits per heavy atom. The fourth-order valence-corrected chi connectivity index (χ4v) is 2.87. The molecule has 0 N–H and O–H groups in total. The molecule has 2 rings (SSSR count). The zero-order chi connectivity index (χ0) is 16.9. The van der Waals surface area contributed by atoms with Gasteiger partial charge in [-0.1, -0.05) is 48.0 Å². The fraction of sp³-hybridized carbons (Fsp3) is 0.235. The molecule has 0 aromatic heterocycles. The van der Waals surface area contributed by atoms with E-state index in [0.29, 0.717) is 0 Å². The molecule has 5 nitrogen and oxygen atoms in total. The maximum Gasteiger partial charge on any atom is 0.336 e. The maximum absolute atomic E-state index is 12.1. The normalized spacial score (nSPS) is 12.6. The number of hydrogen-bond acceptors (Lipinski definition) is 5. The van der Waals surface area contributed by atoms with Crippen LogP contribution in [0.2, 0.25) is 0 Å². The third-order valence-corrected chi connectivity index (χ3v) is 4.53. The van der Waals surface area contributed by atoms with E-state index in [1.54, 1.807) is 12.1 Å². The molecule has 0 heterocycles. The van der Waals surface area contributed by atoms with Gasteiger partial charge < -0.3 is 4.74 Å². The van der Waals surface area contributed by atoms with Crippen LogP contribution in [0.4, 0.5) is 0 Å². The van der Waals surface area contributed by atoms with Crippen LogP contribution in [0, 0.1) is 6.92 Å². The number of ether oxygens (including phenoxy) is 1. The summed E-state index contributed by atoms with van der Waals surface area (Å²) in [5.74, 6) is -0.732. The molecule has 2 aromatic rings. The summed E-state index contributed by atoms with van der Waals surface area (Å²) in [6.07, 6.45) is -1.22. The Morgan fingerprint density at radius 2 is 1.65 bits per heavy atom. The minimum Gasteiger partial charge on any atom is -0.459 e. The number of benzene rings is 2. The lowest BCUT2D eigenvalue weighted by molar-refractivity contribution is -0.152. The summed E-state index contributed by atoms with van der Waals surface area (Å²) in [6.45, 7) is 3.26. The van der Waals surface area contributed by atoms with Gasteiger partial charge in [-0.15, -0.1) is 0 Å². The van der Waals surface area contributed by atoms with Crippen molar-refractivity contribution in [1.82, 2.24) is 0 Å². The van der Waals surface area contributed by atoms with Crippen molar-refractivity contribution in [3.8, 4) is 0 Å². The van der Waals surface area contributed by atoms with Gasteiger partial charge in [0.05, 0.1) is 4.90 Å². The third-order valence-electron chi connectivity index (χ3n) is 3.14. The first-order valence-electron chi connectivity index (χ1n) is 7.09. The van der Waals surface area contributed by atoms with Crippen molar-refractivity contribution in [2.75, 3.05) is 0 Å². The topological polar surface area (TPSA) is 69.7 Å². The van der Waals surface area contributed by atoms with Crippen LogP contribution in [-0.4, -0.2) is 20.5 Å². The molecule has 0 aliphatic carbocycles. The van der Waals surface area contributed by atoms with Crippen LogP contribution in [-0.2, 0) is 30.4 Å². The van der Waals surface area contributed by atoms with Gasteiger partial charge >= 0.3 is 5.97 Å². The molecule has 0 saturated heterocycles. The van der Waals surface area contributed by atoms with Gasteiger partial charge in [0, 0.05) is 0 Å². The van der Waals surface area contributed by atoms with Gasteiger partial charge in [-0.2, -0.15) is 8.42 Å². The van der Waals surface area contributed by atoms with E-state index in [1.807, 2.05) is 37.3 Å². The summed E-state index contributed by atoms with van der Waals surface area (Å²) in [6, 6.07) is 15.3. The summed E-state index contributed by atoms with van der Waals surface area (Å²) in [4.78, 5) is 11.9.